The summed E-state index contributed by atoms with van der Waals surface area (Å²) in [5.74, 6) is 2.29. The van der Waals surface area contributed by atoms with Crippen molar-refractivity contribution in [3.8, 4) is 0 Å². The fourth-order valence-corrected chi connectivity index (χ4v) is 11.3. The van der Waals surface area contributed by atoms with Crippen LogP contribution in [0.25, 0.3) is 0 Å². The summed E-state index contributed by atoms with van der Waals surface area (Å²) in [6.07, 6.45) is 9.41. The van der Waals surface area contributed by atoms with E-state index < -0.39 is 5.41 Å². The molecule has 5 rings (SSSR count). The second-order valence-corrected chi connectivity index (χ2v) is 14.9. The maximum absolute atomic E-state index is 13.6. The van der Waals surface area contributed by atoms with Gasteiger partial charge in [-0.05, 0) is 108 Å². The van der Waals surface area contributed by atoms with E-state index in [0.29, 0.717) is 36.4 Å². The molecule has 196 valence electrons. The van der Waals surface area contributed by atoms with E-state index in [1.807, 2.05) is 6.92 Å². The van der Waals surface area contributed by atoms with Crippen molar-refractivity contribution in [3.63, 3.8) is 0 Å². The lowest BCUT2D eigenvalue weighted by atomic mass is 9.33. The second kappa shape index (κ2) is 7.78. The molecule has 3 nitrogen and oxygen atoms in total. The summed E-state index contributed by atoms with van der Waals surface area (Å²) in [6.45, 7) is 18.6. The Balaban J connectivity index is 1.62. The van der Waals surface area contributed by atoms with E-state index >= 15 is 0 Å². The van der Waals surface area contributed by atoms with Gasteiger partial charge in [-0.1, -0.05) is 55.4 Å². The lowest BCUT2D eigenvalue weighted by molar-refractivity contribution is -0.228. The normalized spacial score (nSPS) is 48.8. The van der Waals surface area contributed by atoms with Crippen LogP contribution in [0.4, 0.5) is 0 Å². The zero-order chi connectivity index (χ0) is 25.8. The summed E-state index contributed by atoms with van der Waals surface area (Å²) >= 11 is 0. The van der Waals surface area contributed by atoms with Crippen LogP contribution in [0.15, 0.2) is 11.1 Å². The minimum absolute atomic E-state index is 0.0352. The average molecular weight is 483 g/mol. The van der Waals surface area contributed by atoms with Crippen molar-refractivity contribution in [2.45, 2.75) is 126 Å². The SMILES string of the molecule is CCC(=O)[C@@]12CC[C@]3(C)[C@H](CC[C@@H]4[C@@]5(C)CC[C@H](O)C(C)(C)[C@@H]5CC[C@]43C)C1=C(C(C)C)C(=O)C2. The molecule has 5 aliphatic rings. The van der Waals surface area contributed by atoms with E-state index in [1.165, 1.54) is 24.8 Å². The molecular weight excluding hydrogens is 432 g/mol. The molecular formula is C32H50O3. The van der Waals surface area contributed by atoms with E-state index in [-0.39, 0.29) is 39.5 Å². The number of fused-ring (bicyclic) bond motifs is 7. The van der Waals surface area contributed by atoms with Crippen molar-refractivity contribution in [2.24, 2.45) is 50.7 Å². The molecule has 0 aromatic heterocycles. The van der Waals surface area contributed by atoms with Crippen LogP contribution in [0.3, 0.4) is 0 Å². The maximum atomic E-state index is 13.6. The van der Waals surface area contributed by atoms with Gasteiger partial charge < -0.3 is 5.11 Å². The minimum atomic E-state index is -0.517. The smallest absolute Gasteiger partial charge is 0.160 e. The molecule has 4 fully saturated rings. The molecule has 0 spiro atoms. The lowest BCUT2D eigenvalue weighted by Gasteiger charge is -2.72. The predicted octanol–water partition coefficient (Wildman–Crippen LogP) is 7.31. The minimum Gasteiger partial charge on any atom is -0.393 e. The molecule has 0 bridgehead atoms. The van der Waals surface area contributed by atoms with Crippen LogP contribution in [0, 0.1) is 50.7 Å². The molecule has 0 amide bonds. The number of hydrogen-bond donors (Lipinski definition) is 1. The number of carbonyl (C=O) groups is 2. The van der Waals surface area contributed by atoms with Gasteiger partial charge >= 0.3 is 0 Å². The molecule has 0 unspecified atom stereocenters. The highest BCUT2D eigenvalue weighted by Gasteiger charge is 2.70. The van der Waals surface area contributed by atoms with Crippen molar-refractivity contribution < 1.29 is 14.7 Å². The molecule has 3 heteroatoms. The Labute approximate surface area is 213 Å². The second-order valence-electron chi connectivity index (χ2n) is 14.9. The summed E-state index contributed by atoms with van der Waals surface area (Å²) in [5.41, 5.74) is 2.32. The summed E-state index contributed by atoms with van der Waals surface area (Å²) in [7, 11) is 0. The average Bonchev–Trinajstić information content (AvgIpc) is 3.10. The fourth-order valence-electron chi connectivity index (χ4n) is 11.3. The van der Waals surface area contributed by atoms with E-state index in [9.17, 15) is 14.7 Å². The van der Waals surface area contributed by atoms with Gasteiger partial charge in [0.2, 0.25) is 0 Å². The summed E-state index contributed by atoms with van der Waals surface area (Å²) in [6, 6.07) is 0. The topological polar surface area (TPSA) is 54.4 Å². The van der Waals surface area contributed by atoms with E-state index in [4.69, 9.17) is 0 Å². The Morgan fingerprint density at radius 1 is 0.914 bits per heavy atom. The number of Topliss-reactive ketones (excluding diaryl/α,β-unsaturated/α-hetero) is 2. The van der Waals surface area contributed by atoms with Crippen molar-refractivity contribution >= 4 is 11.6 Å². The lowest BCUT2D eigenvalue weighted by Crippen LogP contribution is -2.65. The van der Waals surface area contributed by atoms with Gasteiger partial charge in [0, 0.05) is 12.8 Å². The third-order valence-electron chi connectivity index (χ3n) is 13.3. The van der Waals surface area contributed by atoms with Gasteiger partial charge in [-0.3, -0.25) is 9.59 Å². The van der Waals surface area contributed by atoms with Gasteiger partial charge in [0.05, 0.1) is 11.5 Å². The van der Waals surface area contributed by atoms with E-state index in [0.717, 1.165) is 37.7 Å². The van der Waals surface area contributed by atoms with Crippen molar-refractivity contribution in [2.75, 3.05) is 0 Å². The fraction of sp³-hybridized carbons (Fsp3) is 0.875. The standard InChI is InChI=1S/C32H50O3/c1-9-24(34)32-17-16-30(7)20(27(32)26(19(2)3)21(33)18-32)10-11-23-29(6)14-13-25(35)28(4,5)22(29)12-15-31(23,30)8/h19-20,22-23,25,35H,9-18H2,1-8H3/t20-,22+,23-,25+,29+,30-,31-,32+/m1/s1. The zero-order valence-electron chi connectivity index (χ0n) is 23.7. The third-order valence-corrected chi connectivity index (χ3v) is 13.3. The molecule has 4 saturated carbocycles. The Hall–Kier alpha value is -0.960. The molecule has 0 aromatic carbocycles. The van der Waals surface area contributed by atoms with Gasteiger partial charge in [0.1, 0.15) is 5.78 Å². The molecule has 1 N–H and O–H groups in total. The number of carbonyl (C=O) groups excluding carboxylic acids is 2. The Morgan fingerprint density at radius 2 is 1.60 bits per heavy atom. The van der Waals surface area contributed by atoms with Gasteiger partial charge in [0.25, 0.3) is 0 Å². The number of aliphatic hydroxyl groups is 1. The van der Waals surface area contributed by atoms with Crippen LogP contribution in [0.2, 0.25) is 0 Å². The largest absolute Gasteiger partial charge is 0.393 e. The number of aliphatic hydroxyl groups excluding tert-OH is 1. The number of rotatable bonds is 3. The molecule has 5 aliphatic carbocycles. The molecule has 0 saturated heterocycles. The van der Waals surface area contributed by atoms with Gasteiger partial charge in [0.15, 0.2) is 5.78 Å². The monoisotopic (exact) mass is 482 g/mol. The highest BCUT2D eigenvalue weighted by atomic mass is 16.3. The van der Waals surface area contributed by atoms with Crippen LogP contribution in [0.5, 0.6) is 0 Å². The first kappa shape index (κ1) is 25.7. The molecule has 0 aromatic rings. The van der Waals surface area contributed by atoms with E-state index in [2.05, 4.69) is 48.5 Å². The van der Waals surface area contributed by atoms with Crippen molar-refractivity contribution in [1.29, 1.82) is 0 Å². The number of hydrogen-bond acceptors (Lipinski definition) is 3. The summed E-state index contributed by atoms with van der Waals surface area (Å²) in [5, 5.41) is 10.9. The quantitative estimate of drug-likeness (QED) is 0.459. The number of ketones is 2. The van der Waals surface area contributed by atoms with Crippen molar-refractivity contribution in [1.82, 2.24) is 0 Å². The Kier molecular flexibility index (Phi) is 5.71. The summed E-state index contributed by atoms with van der Waals surface area (Å²) < 4.78 is 0. The zero-order valence-corrected chi connectivity index (χ0v) is 23.7. The number of allylic oxidation sites excluding steroid dienone is 2. The highest BCUT2D eigenvalue weighted by molar-refractivity contribution is 6.07. The Bertz CT molecular complexity index is 973. The van der Waals surface area contributed by atoms with Crippen LogP contribution >= 0.6 is 0 Å². The molecule has 0 radical (unpaired) electrons. The van der Waals surface area contributed by atoms with Crippen LogP contribution in [-0.4, -0.2) is 22.8 Å². The van der Waals surface area contributed by atoms with E-state index in [1.54, 1.807) is 0 Å². The van der Waals surface area contributed by atoms with Gasteiger partial charge in [-0.15, -0.1) is 0 Å². The molecule has 8 atom stereocenters. The van der Waals surface area contributed by atoms with Crippen molar-refractivity contribution in [3.05, 3.63) is 11.1 Å². The summed E-state index contributed by atoms with van der Waals surface area (Å²) in [4.78, 5) is 27.0. The first-order valence-corrected chi connectivity index (χ1v) is 14.7. The predicted molar refractivity (Wildman–Crippen MR) is 141 cm³/mol. The van der Waals surface area contributed by atoms with Crippen LogP contribution in [-0.2, 0) is 9.59 Å². The van der Waals surface area contributed by atoms with Crippen LogP contribution < -0.4 is 0 Å². The van der Waals surface area contributed by atoms with Crippen LogP contribution in [0.1, 0.15) is 120 Å². The highest BCUT2D eigenvalue weighted by Crippen LogP contribution is 2.76. The molecule has 0 aliphatic heterocycles. The van der Waals surface area contributed by atoms with Gasteiger partial charge in [-0.2, -0.15) is 0 Å². The molecule has 35 heavy (non-hydrogen) atoms. The first-order chi connectivity index (χ1) is 16.2. The Morgan fingerprint density at radius 3 is 2.23 bits per heavy atom. The first-order valence-electron chi connectivity index (χ1n) is 14.7. The third kappa shape index (κ3) is 3.00. The maximum Gasteiger partial charge on any atom is 0.160 e. The van der Waals surface area contributed by atoms with Gasteiger partial charge in [-0.25, -0.2) is 0 Å². The molecule has 0 heterocycles.